The lowest BCUT2D eigenvalue weighted by Gasteiger charge is -2.21. The van der Waals surface area contributed by atoms with Gasteiger partial charge in [0.1, 0.15) is 17.9 Å². The van der Waals surface area contributed by atoms with E-state index in [0.29, 0.717) is 28.2 Å². The molecular weight excluding hydrogens is 502 g/mol. The van der Waals surface area contributed by atoms with E-state index >= 15 is 0 Å². The summed E-state index contributed by atoms with van der Waals surface area (Å²) in [5.41, 5.74) is 2.24. The van der Waals surface area contributed by atoms with Crippen LogP contribution >= 0.6 is 0 Å². The first-order valence-corrected chi connectivity index (χ1v) is 13.6. The molecule has 5 rings (SSSR count). The molecule has 0 bridgehead atoms. The van der Waals surface area contributed by atoms with Gasteiger partial charge in [0.2, 0.25) is 0 Å². The fraction of sp³-hybridized carbons (Fsp3) is 0.241. The van der Waals surface area contributed by atoms with Gasteiger partial charge in [-0.1, -0.05) is 17.7 Å². The lowest BCUT2D eigenvalue weighted by atomic mass is 10.2. The summed E-state index contributed by atoms with van der Waals surface area (Å²) in [6.45, 7) is 7.21. The SMILES string of the molecule is COc1ccc2c(c1)cc(-c1cc3cccnc3n1S(=O)(=O)c1ccc(C)cc1)n2CC(=O)OC(C)(C)C. The zero-order valence-corrected chi connectivity index (χ0v) is 22.7. The zero-order chi connectivity index (χ0) is 27.2. The first kappa shape index (κ1) is 25.5. The third-order valence-corrected chi connectivity index (χ3v) is 7.88. The molecule has 0 saturated heterocycles. The molecule has 5 aromatic rings. The number of methoxy groups -OCH3 is 1. The van der Waals surface area contributed by atoms with E-state index in [1.165, 1.54) is 3.97 Å². The molecule has 0 spiro atoms. The standard InChI is InChI=1S/C29H29N3O5S/c1-19-8-11-23(12-9-19)38(34,35)32-26(16-20-7-6-14-30-28(20)32)25-17-21-15-22(36-5)10-13-24(21)31(25)18-27(33)37-29(2,3)4/h6-17H,18H2,1-5H3. The third-order valence-electron chi connectivity index (χ3n) is 6.16. The van der Waals surface area contributed by atoms with Gasteiger partial charge in [-0.3, -0.25) is 4.79 Å². The molecule has 2 aromatic carbocycles. The van der Waals surface area contributed by atoms with Crippen molar-refractivity contribution in [3.63, 3.8) is 0 Å². The van der Waals surface area contributed by atoms with Crippen LogP contribution in [0.25, 0.3) is 33.3 Å². The molecule has 0 aliphatic rings. The van der Waals surface area contributed by atoms with Crippen molar-refractivity contribution in [2.75, 3.05) is 7.11 Å². The Bertz CT molecular complexity index is 1780. The Morgan fingerprint density at radius 2 is 1.66 bits per heavy atom. The second-order valence-corrected chi connectivity index (χ2v) is 11.9. The van der Waals surface area contributed by atoms with E-state index in [1.807, 2.05) is 52.0 Å². The number of aryl methyl sites for hydroxylation is 1. The molecule has 0 N–H and O–H groups in total. The summed E-state index contributed by atoms with van der Waals surface area (Å²) in [5.74, 6) is 0.210. The van der Waals surface area contributed by atoms with Gasteiger partial charge in [0, 0.05) is 22.5 Å². The minimum atomic E-state index is -4.04. The maximum absolute atomic E-state index is 14.1. The number of benzene rings is 2. The number of nitrogens with zero attached hydrogens (tertiary/aromatic N) is 3. The first-order chi connectivity index (χ1) is 18.0. The fourth-order valence-electron chi connectivity index (χ4n) is 4.51. The molecule has 3 aromatic heterocycles. The van der Waals surface area contributed by atoms with Crippen LogP contribution in [0.3, 0.4) is 0 Å². The lowest BCUT2D eigenvalue weighted by Crippen LogP contribution is -2.26. The van der Waals surface area contributed by atoms with Crippen molar-refractivity contribution in [2.45, 2.75) is 44.7 Å². The molecule has 0 aliphatic carbocycles. The van der Waals surface area contributed by atoms with Gasteiger partial charge < -0.3 is 14.0 Å². The van der Waals surface area contributed by atoms with Gasteiger partial charge in [-0.15, -0.1) is 0 Å². The fourth-order valence-corrected chi connectivity index (χ4v) is 5.99. The van der Waals surface area contributed by atoms with E-state index in [9.17, 15) is 13.2 Å². The summed E-state index contributed by atoms with van der Waals surface area (Å²) in [4.78, 5) is 17.5. The van der Waals surface area contributed by atoms with Crippen LogP contribution in [0.1, 0.15) is 26.3 Å². The maximum atomic E-state index is 14.1. The number of carbonyl (C=O) groups is 1. The Morgan fingerprint density at radius 3 is 2.34 bits per heavy atom. The number of hydrogen-bond donors (Lipinski definition) is 0. The van der Waals surface area contributed by atoms with E-state index in [1.54, 1.807) is 60.3 Å². The number of carbonyl (C=O) groups excluding carboxylic acids is 1. The van der Waals surface area contributed by atoms with Crippen molar-refractivity contribution in [3.05, 3.63) is 78.5 Å². The summed E-state index contributed by atoms with van der Waals surface area (Å²) in [6.07, 6.45) is 1.56. The number of pyridine rings is 1. The second-order valence-electron chi connectivity index (χ2n) is 10.2. The van der Waals surface area contributed by atoms with Gasteiger partial charge >= 0.3 is 5.97 Å². The number of fused-ring (bicyclic) bond motifs is 2. The first-order valence-electron chi connectivity index (χ1n) is 12.2. The topological polar surface area (TPSA) is 92.4 Å². The number of esters is 1. The Balaban J connectivity index is 1.79. The van der Waals surface area contributed by atoms with Gasteiger partial charge in [0.05, 0.1) is 23.4 Å². The molecule has 196 valence electrons. The minimum absolute atomic E-state index is 0.109. The zero-order valence-electron chi connectivity index (χ0n) is 21.9. The van der Waals surface area contributed by atoms with Crippen LogP contribution in [0.4, 0.5) is 0 Å². The predicted molar refractivity (Wildman–Crippen MR) is 147 cm³/mol. The summed E-state index contributed by atoms with van der Waals surface area (Å²) in [6, 6.07) is 19.4. The van der Waals surface area contributed by atoms with E-state index in [-0.39, 0.29) is 11.4 Å². The van der Waals surface area contributed by atoms with Crippen molar-refractivity contribution in [2.24, 2.45) is 0 Å². The van der Waals surface area contributed by atoms with Gasteiger partial charge in [-0.2, -0.15) is 0 Å². The maximum Gasteiger partial charge on any atom is 0.326 e. The number of rotatable bonds is 6. The minimum Gasteiger partial charge on any atom is -0.497 e. The van der Waals surface area contributed by atoms with Crippen molar-refractivity contribution in [3.8, 4) is 17.1 Å². The van der Waals surface area contributed by atoms with E-state index in [4.69, 9.17) is 9.47 Å². The van der Waals surface area contributed by atoms with E-state index in [0.717, 1.165) is 16.5 Å². The predicted octanol–water partition coefficient (Wildman–Crippen LogP) is 5.55. The van der Waals surface area contributed by atoms with Crippen LogP contribution in [0.5, 0.6) is 5.75 Å². The van der Waals surface area contributed by atoms with Crippen LogP contribution in [-0.4, -0.2) is 40.6 Å². The summed E-state index contributed by atoms with van der Waals surface area (Å²) >= 11 is 0. The number of hydrogen-bond acceptors (Lipinski definition) is 6. The molecule has 8 nitrogen and oxygen atoms in total. The molecule has 0 aliphatic heterocycles. The summed E-state index contributed by atoms with van der Waals surface area (Å²) < 4.78 is 42.2. The van der Waals surface area contributed by atoms with Gasteiger partial charge in [-0.25, -0.2) is 17.4 Å². The average molecular weight is 532 g/mol. The van der Waals surface area contributed by atoms with Crippen molar-refractivity contribution < 1.29 is 22.7 Å². The lowest BCUT2D eigenvalue weighted by molar-refractivity contribution is -0.155. The second kappa shape index (κ2) is 9.33. The highest BCUT2D eigenvalue weighted by Gasteiger charge is 2.28. The smallest absolute Gasteiger partial charge is 0.326 e. The molecule has 3 heterocycles. The molecular formula is C29H29N3O5S. The van der Waals surface area contributed by atoms with Crippen LogP contribution in [0.2, 0.25) is 0 Å². The molecule has 38 heavy (non-hydrogen) atoms. The van der Waals surface area contributed by atoms with Crippen LogP contribution in [0, 0.1) is 6.92 Å². The number of ether oxygens (including phenoxy) is 2. The Kier molecular flexibility index (Phi) is 6.27. The quantitative estimate of drug-likeness (QED) is 0.267. The Labute approximate surface area is 221 Å². The van der Waals surface area contributed by atoms with Crippen LogP contribution in [0.15, 0.2) is 77.8 Å². The molecule has 9 heteroatoms. The molecule has 0 saturated carbocycles. The molecule has 0 radical (unpaired) electrons. The van der Waals surface area contributed by atoms with Crippen LogP contribution in [-0.2, 0) is 26.1 Å². The largest absolute Gasteiger partial charge is 0.497 e. The van der Waals surface area contributed by atoms with Crippen molar-refractivity contribution in [1.29, 1.82) is 0 Å². The Morgan fingerprint density at radius 1 is 0.947 bits per heavy atom. The molecule has 0 unspecified atom stereocenters. The number of aromatic nitrogens is 3. The highest BCUT2D eigenvalue weighted by atomic mass is 32.2. The normalized spacial score (nSPS) is 12.2. The van der Waals surface area contributed by atoms with Gasteiger partial charge in [0.15, 0.2) is 5.65 Å². The third kappa shape index (κ3) is 4.65. The van der Waals surface area contributed by atoms with E-state index < -0.39 is 21.6 Å². The summed E-state index contributed by atoms with van der Waals surface area (Å²) in [7, 11) is -2.46. The molecule has 0 atom stereocenters. The highest BCUT2D eigenvalue weighted by Crippen LogP contribution is 2.36. The van der Waals surface area contributed by atoms with Crippen molar-refractivity contribution in [1.82, 2.24) is 13.5 Å². The molecule has 0 amide bonds. The van der Waals surface area contributed by atoms with Gasteiger partial charge in [0.25, 0.3) is 10.0 Å². The molecule has 0 fully saturated rings. The Hall–Kier alpha value is -4.11. The average Bonchev–Trinajstić information content (AvgIpc) is 3.41. The monoisotopic (exact) mass is 531 g/mol. The van der Waals surface area contributed by atoms with E-state index in [2.05, 4.69) is 4.98 Å². The van der Waals surface area contributed by atoms with Crippen LogP contribution < -0.4 is 4.74 Å². The summed E-state index contributed by atoms with van der Waals surface area (Å²) in [5, 5.41) is 1.45. The van der Waals surface area contributed by atoms with Crippen molar-refractivity contribution >= 4 is 37.9 Å². The highest BCUT2D eigenvalue weighted by molar-refractivity contribution is 7.90. The van der Waals surface area contributed by atoms with Gasteiger partial charge in [-0.05, 0) is 82.3 Å².